The van der Waals surface area contributed by atoms with Crippen LogP contribution in [0.25, 0.3) is 22.2 Å². The zero-order valence-corrected chi connectivity index (χ0v) is 22.6. The van der Waals surface area contributed by atoms with Crippen LogP contribution in [0.4, 0.5) is 14.5 Å². The molecular weight excluding hydrogens is 502 g/mol. The zero-order valence-electron chi connectivity index (χ0n) is 22.6. The van der Waals surface area contributed by atoms with Crippen LogP contribution in [0.1, 0.15) is 68.8 Å². The molecule has 0 bridgehead atoms. The van der Waals surface area contributed by atoms with Gasteiger partial charge in [0.05, 0.1) is 22.8 Å². The molecule has 1 aliphatic heterocycles. The van der Waals surface area contributed by atoms with Gasteiger partial charge in [-0.1, -0.05) is 11.2 Å². The van der Waals surface area contributed by atoms with Crippen LogP contribution in [0.2, 0.25) is 0 Å². The Balaban J connectivity index is 1.53. The molecule has 2 aromatic heterocycles. The number of aryl methyl sites for hydroxylation is 2. The van der Waals surface area contributed by atoms with Crippen molar-refractivity contribution in [2.45, 2.75) is 77.0 Å². The van der Waals surface area contributed by atoms with Crippen LogP contribution in [-0.2, 0) is 15.1 Å². The van der Waals surface area contributed by atoms with Gasteiger partial charge in [-0.25, -0.2) is 13.8 Å². The van der Waals surface area contributed by atoms with Gasteiger partial charge in [0.25, 0.3) is 0 Å². The SMILES string of the molecule is CO[C@H]1CC[C@H](n2c(C3(C)CCC(=O)N3c3ccc(F)c(F)c3)nc3cc(-c4c(C)noc4C)ccc32)CC1. The van der Waals surface area contributed by atoms with E-state index in [9.17, 15) is 13.6 Å². The van der Waals surface area contributed by atoms with Crippen LogP contribution in [0.5, 0.6) is 0 Å². The minimum Gasteiger partial charge on any atom is -0.381 e. The number of anilines is 1. The van der Waals surface area contributed by atoms with E-state index in [1.807, 2.05) is 26.8 Å². The fourth-order valence-corrected chi connectivity index (χ4v) is 6.55. The van der Waals surface area contributed by atoms with E-state index in [4.69, 9.17) is 14.2 Å². The first-order chi connectivity index (χ1) is 18.7. The lowest BCUT2D eigenvalue weighted by atomic mass is 9.90. The van der Waals surface area contributed by atoms with Gasteiger partial charge in [-0.05, 0) is 82.7 Å². The molecule has 0 radical (unpaired) electrons. The van der Waals surface area contributed by atoms with E-state index in [0.717, 1.165) is 77.3 Å². The normalized spacial score (nSPS) is 23.7. The van der Waals surface area contributed by atoms with Crippen molar-refractivity contribution in [1.29, 1.82) is 0 Å². The Kier molecular flexibility index (Phi) is 6.29. The van der Waals surface area contributed by atoms with E-state index in [2.05, 4.69) is 21.9 Å². The molecule has 7 nitrogen and oxygen atoms in total. The Bertz CT molecular complexity index is 1550. The molecule has 0 N–H and O–H groups in total. The summed E-state index contributed by atoms with van der Waals surface area (Å²) in [6.45, 7) is 5.79. The van der Waals surface area contributed by atoms with Gasteiger partial charge < -0.3 is 13.8 Å². The summed E-state index contributed by atoms with van der Waals surface area (Å²) in [6, 6.07) is 9.99. The number of hydrogen-bond donors (Lipinski definition) is 0. The molecule has 1 saturated heterocycles. The number of benzene rings is 2. The van der Waals surface area contributed by atoms with E-state index in [1.165, 1.54) is 6.07 Å². The second-order valence-corrected chi connectivity index (χ2v) is 11.0. The van der Waals surface area contributed by atoms with Gasteiger partial charge in [0.2, 0.25) is 5.91 Å². The summed E-state index contributed by atoms with van der Waals surface area (Å²) < 4.78 is 41.4. The summed E-state index contributed by atoms with van der Waals surface area (Å²) in [5.41, 5.74) is 3.98. The number of ether oxygens (including phenoxy) is 1. The maximum atomic E-state index is 14.3. The molecule has 9 heteroatoms. The number of fused-ring (bicyclic) bond motifs is 1. The Morgan fingerprint density at radius 3 is 2.49 bits per heavy atom. The van der Waals surface area contributed by atoms with Crippen LogP contribution in [0.3, 0.4) is 0 Å². The second-order valence-electron chi connectivity index (χ2n) is 11.0. The molecule has 1 aliphatic carbocycles. The number of aromatic nitrogens is 3. The molecule has 6 rings (SSSR count). The predicted molar refractivity (Wildman–Crippen MR) is 143 cm³/mol. The third-order valence-electron chi connectivity index (χ3n) is 8.57. The highest BCUT2D eigenvalue weighted by Gasteiger charge is 2.48. The Morgan fingerprint density at radius 1 is 1.05 bits per heavy atom. The fourth-order valence-electron chi connectivity index (χ4n) is 6.55. The summed E-state index contributed by atoms with van der Waals surface area (Å²) in [4.78, 5) is 20.0. The first-order valence-corrected chi connectivity index (χ1v) is 13.5. The van der Waals surface area contributed by atoms with Crippen LogP contribution in [0, 0.1) is 25.5 Å². The molecule has 2 aliphatic rings. The number of nitrogens with zero attached hydrogens (tertiary/aromatic N) is 4. The van der Waals surface area contributed by atoms with Crippen molar-refractivity contribution < 1.29 is 22.8 Å². The number of halogens is 2. The Morgan fingerprint density at radius 2 is 1.82 bits per heavy atom. The first-order valence-electron chi connectivity index (χ1n) is 13.5. The minimum atomic E-state index is -0.981. The zero-order chi connectivity index (χ0) is 27.5. The summed E-state index contributed by atoms with van der Waals surface area (Å²) >= 11 is 0. The summed E-state index contributed by atoms with van der Waals surface area (Å²) in [5, 5.41) is 4.11. The number of imidazole rings is 1. The van der Waals surface area contributed by atoms with Gasteiger partial charge in [0.1, 0.15) is 17.1 Å². The van der Waals surface area contributed by atoms with E-state index in [0.29, 0.717) is 18.5 Å². The number of carbonyl (C=O) groups excluding carboxylic acids is 1. The molecule has 0 spiro atoms. The Hall–Kier alpha value is -3.59. The summed E-state index contributed by atoms with van der Waals surface area (Å²) in [7, 11) is 1.75. The lowest BCUT2D eigenvalue weighted by Crippen LogP contribution is -2.44. The standard InChI is InChI=1S/C30H32F2N4O3/c1-17-28(18(2)39-34-17)19-5-12-26-25(15-19)33-29(35(26)20-6-9-22(38-4)10-7-20)30(3)14-13-27(37)36(30)21-8-11-23(31)24(32)16-21/h5,8,11-12,15-16,20,22H,6-7,9-10,13-14H2,1-4H3/t20-,22-,30?. The summed E-state index contributed by atoms with van der Waals surface area (Å²) in [6.07, 6.45) is 4.72. The molecule has 2 aromatic carbocycles. The molecular formula is C30H32F2N4O3. The fraction of sp³-hybridized carbons (Fsp3) is 0.433. The van der Waals surface area contributed by atoms with E-state index >= 15 is 0 Å². The molecule has 1 amide bonds. The van der Waals surface area contributed by atoms with Crippen molar-refractivity contribution in [3.8, 4) is 11.1 Å². The Labute approximate surface area is 225 Å². The highest BCUT2D eigenvalue weighted by molar-refractivity contribution is 5.97. The van der Waals surface area contributed by atoms with Crippen LogP contribution in [0.15, 0.2) is 40.9 Å². The average Bonchev–Trinajstić information content (AvgIpc) is 3.58. The number of hydrogen-bond acceptors (Lipinski definition) is 5. The van der Waals surface area contributed by atoms with Crippen LogP contribution >= 0.6 is 0 Å². The topological polar surface area (TPSA) is 73.4 Å². The van der Waals surface area contributed by atoms with Crippen molar-refractivity contribution in [3.63, 3.8) is 0 Å². The van der Waals surface area contributed by atoms with E-state index in [1.54, 1.807) is 12.0 Å². The minimum absolute atomic E-state index is 0.137. The maximum Gasteiger partial charge on any atom is 0.227 e. The van der Waals surface area contributed by atoms with Gasteiger partial charge in [-0.2, -0.15) is 0 Å². The second kappa shape index (κ2) is 9.55. The molecule has 3 heterocycles. The van der Waals surface area contributed by atoms with Crippen molar-refractivity contribution in [2.75, 3.05) is 12.0 Å². The third kappa shape index (κ3) is 4.14. The number of rotatable bonds is 5. The van der Waals surface area contributed by atoms with Gasteiger partial charge in [0.15, 0.2) is 11.6 Å². The summed E-state index contributed by atoms with van der Waals surface area (Å²) in [5.74, 6) is -0.570. The van der Waals surface area contributed by atoms with Crippen LogP contribution in [-0.4, -0.2) is 33.8 Å². The largest absolute Gasteiger partial charge is 0.381 e. The molecule has 4 aromatic rings. The quantitative estimate of drug-likeness (QED) is 0.283. The average molecular weight is 535 g/mol. The number of methoxy groups -OCH3 is 1. The van der Waals surface area contributed by atoms with Gasteiger partial charge in [0, 0.05) is 36.9 Å². The molecule has 204 valence electrons. The lowest BCUT2D eigenvalue weighted by molar-refractivity contribution is -0.117. The molecule has 39 heavy (non-hydrogen) atoms. The molecule has 1 saturated carbocycles. The number of carbonyl (C=O) groups is 1. The van der Waals surface area contributed by atoms with E-state index < -0.39 is 17.2 Å². The van der Waals surface area contributed by atoms with Gasteiger partial charge in [-0.3, -0.25) is 9.69 Å². The van der Waals surface area contributed by atoms with Crippen molar-refractivity contribution in [1.82, 2.24) is 14.7 Å². The van der Waals surface area contributed by atoms with Gasteiger partial charge >= 0.3 is 0 Å². The van der Waals surface area contributed by atoms with Crippen molar-refractivity contribution >= 4 is 22.6 Å². The smallest absolute Gasteiger partial charge is 0.227 e. The first kappa shape index (κ1) is 25.7. The predicted octanol–water partition coefficient (Wildman–Crippen LogP) is 6.76. The molecule has 2 fully saturated rings. The maximum absolute atomic E-state index is 14.3. The van der Waals surface area contributed by atoms with Crippen LogP contribution < -0.4 is 4.90 Å². The van der Waals surface area contributed by atoms with Crippen molar-refractivity contribution in [3.05, 3.63) is 65.3 Å². The lowest BCUT2D eigenvalue weighted by Gasteiger charge is -2.38. The molecule has 1 atom stereocenters. The highest BCUT2D eigenvalue weighted by Crippen LogP contribution is 2.46. The van der Waals surface area contributed by atoms with Gasteiger partial charge in [-0.15, -0.1) is 0 Å². The van der Waals surface area contributed by atoms with Crippen molar-refractivity contribution in [2.24, 2.45) is 0 Å². The molecule has 1 unspecified atom stereocenters. The van der Waals surface area contributed by atoms with E-state index in [-0.39, 0.29) is 18.1 Å². The highest BCUT2D eigenvalue weighted by atomic mass is 19.2. The monoisotopic (exact) mass is 534 g/mol. The number of amides is 1. The third-order valence-corrected chi connectivity index (χ3v) is 8.57.